The molecule has 6 nitrogen and oxygen atoms in total. The molecule has 0 unspecified atom stereocenters. The molecule has 0 radical (unpaired) electrons. The van der Waals surface area contributed by atoms with Crippen molar-refractivity contribution in [3.05, 3.63) is 71.8 Å². The minimum atomic E-state index is -0.181. The second kappa shape index (κ2) is 9.90. The minimum Gasteiger partial charge on any atom is -0.365 e. The van der Waals surface area contributed by atoms with Crippen molar-refractivity contribution in [2.45, 2.75) is 19.1 Å². The molecule has 6 heteroatoms. The Hall–Kier alpha value is -2.86. The fourth-order valence-electron chi connectivity index (χ4n) is 3.16. The van der Waals surface area contributed by atoms with Crippen molar-refractivity contribution in [3.8, 4) is 0 Å². The standard InChI is InChI=1S/C22H27N3O3/c1-24-16-20(28-17-21(24)26)14-23-22(27)25(15-19-10-6-3-7-11-19)13-12-18-8-4-2-5-9-18/h2-11,20H,12-17H2,1H3,(H,23,27)/t20-/m1/s1. The zero-order chi connectivity index (χ0) is 19.8. The number of carbonyl (C=O) groups is 2. The molecule has 3 rings (SSSR count). The van der Waals surface area contributed by atoms with E-state index in [4.69, 9.17) is 4.74 Å². The zero-order valence-corrected chi connectivity index (χ0v) is 16.2. The lowest BCUT2D eigenvalue weighted by Gasteiger charge is -2.31. The molecule has 1 saturated heterocycles. The second-order valence-corrected chi connectivity index (χ2v) is 7.04. The van der Waals surface area contributed by atoms with Gasteiger partial charge in [-0.1, -0.05) is 60.7 Å². The molecule has 0 bridgehead atoms. The minimum absolute atomic E-state index is 0.0314. The van der Waals surface area contributed by atoms with Crippen LogP contribution in [0.2, 0.25) is 0 Å². The summed E-state index contributed by atoms with van der Waals surface area (Å²) in [4.78, 5) is 27.8. The molecule has 3 amide bonds. The van der Waals surface area contributed by atoms with E-state index in [9.17, 15) is 9.59 Å². The predicted octanol–water partition coefficient (Wildman–Crippen LogP) is 2.30. The molecule has 0 saturated carbocycles. The van der Waals surface area contributed by atoms with E-state index in [1.165, 1.54) is 5.56 Å². The van der Waals surface area contributed by atoms with Crippen LogP contribution in [0.1, 0.15) is 11.1 Å². The Bertz CT molecular complexity index is 767. The smallest absolute Gasteiger partial charge is 0.317 e. The van der Waals surface area contributed by atoms with E-state index >= 15 is 0 Å². The lowest BCUT2D eigenvalue weighted by atomic mass is 10.1. The Kier molecular flexibility index (Phi) is 7.03. The maximum Gasteiger partial charge on any atom is 0.317 e. The molecule has 2 aromatic carbocycles. The number of hydrogen-bond donors (Lipinski definition) is 1. The number of nitrogens with zero attached hydrogens (tertiary/aromatic N) is 2. The molecule has 1 aliphatic heterocycles. The van der Waals surface area contributed by atoms with Gasteiger partial charge in [0, 0.05) is 33.2 Å². The maximum atomic E-state index is 12.8. The highest BCUT2D eigenvalue weighted by molar-refractivity contribution is 5.78. The zero-order valence-electron chi connectivity index (χ0n) is 16.2. The van der Waals surface area contributed by atoms with Gasteiger partial charge in [0.15, 0.2) is 0 Å². The van der Waals surface area contributed by atoms with E-state index in [-0.39, 0.29) is 24.6 Å². The van der Waals surface area contributed by atoms with Crippen LogP contribution >= 0.6 is 0 Å². The first-order chi connectivity index (χ1) is 13.6. The number of rotatable bonds is 7. The molecule has 1 N–H and O–H groups in total. The number of nitrogens with one attached hydrogen (secondary N) is 1. The van der Waals surface area contributed by atoms with Crippen molar-refractivity contribution in [3.63, 3.8) is 0 Å². The number of amides is 3. The molecular formula is C22H27N3O3. The summed E-state index contributed by atoms with van der Waals surface area (Å²) in [5, 5.41) is 2.97. The highest BCUT2D eigenvalue weighted by atomic mass is 16.5. The Balaban J connectivity index is 1.58. The van der Waals surface area contributed by atoms with Gasteiger partial charge in [-0.15, -0.1) is 0 Å². The van der Waals surface area contributed by atoms with Gasteiger partial charge in [-0.25, -0.2) is 4.79 Å². The van der Waals surface area contributed by atoms with Crippen LogP contribution in [0.25, 0.3) is 0 Å². The summed E-state index contributed by atoms with van der Waals surface area (Å²) in [5.41, 5.74) is 2.29. The topological polar surface area (TPSA) is 61.9 Å². The molecule has 28 heavy (non-hydrogen) atoms. The summed E-state index contributed by atoms with van der Waals surface area (Å²) in [6, 6.07) is 20.0. The first-order valence-electron chi connectivity index (χ1n) is 9.58. The van der Waals surface area contributed by atoms with E-state index < -0.39 is 0 Å². The largest absolute Gasteiger partial charge is 0.365 e. The Morgan fingerprint density at radius 1 is 1.11 bits per heavy atom. The summed E-state index contributed by atoms with van der Waals surface area (Å²) in [7, 11) is 1.75. The molecule has 1 atom stereocenters. The van der Waals surface area contributed by atoms with Gasteiger partial charge in [0.05, 0.1) is 6.10 Å². The van der Waals surface area contributed by atoms with Gasteiger partial charge in [-0.3, -0.25) is 4.79 Å². The van der Waals surface area contributed by atoms with Crippen molar-refractivity contribution in [2.75, 3.05) is 33.3 Å². The SMILES string of the molecule is CN1C[C@@H](CNC(=O)N(CCc2ccccc2)Cc2ccccc2)OCC1=O. The molecule has 0 spiro atoms. The Labute approximate surface area is 166 Å². The van der Waals surface area contributed by atoms with Crippen molar-refractivity contribution in [1.29, 1.82) is 0 Å². The highest BCUT2D eigenvalue weighted by Crippen LogP contribution is 2.09. The number of hydrogen-bond acceptors (Lipinski definition) is 3. The first-order valence-corrected chi connectivity index (χ1v) is 9.58. The van der Waals surface area contributed by atoms with Crippen molar-refractivity contribution >= 4 is 11.9 Å². The van der Waals surface area contributed by atoms with Crippen molar-refractivity contribution in [2.24, 2.45) is 0 Å². The Morgan fingerprint density at radius 3 is 2.39 bits per heavy atom. The average molecular weight is 381 g/mol. The van der Waals surface area contributed by atoms with Gasteiger partial charge >= 0.3 is 6.03 Å². The third-order valence-electron chi connectivity index (χ3n) is 4.84. The molecule has 0 aliphatic carbocycles. The number of carbonyl (C=O) groups excluding carboxylic acids is 2. The normalized spacial score (nSPS) is 16.7. The molecule has 148 valence electrons. The summed E-state index contributed by atoms with van der Waals surface area (Å²) in [6.07, 6.45) is 0.609. The van der Waals surface area contributed by atoms with Crippen LogP contribution in [-0.4, -0.2) is 61.1 Å². The fourth-order valence-corrected chi connectivity index (χ4v) is 3.16. The summed E-state index contributed by atoms with van der Waals surface area (Å²) in [5.74, 6) is -0.0314. The summed E-state index contributed by atoms with van der Waals surface area (Å²) in [6.45, 7) is 2.10. The lowest BCUT2D eigenvalue weighted by molar-refractivity contribution is -0.146. The van der Waals surface area contributed by atoms with Crippen molar-refractivity contribution < 1.29 is 14.3 Å². The third kappa shape index (κ3) is 5.82. The van der Waals surface area contributed by atoms with E-state index in [0.717, 1.165) is 12.0 Å². The van der Waals surface area contributed by atoms with Crippen LogP contribution in [0.3, 0.4) is 0 Å². The first kappa shape index (κ1) is 19.9. The van der Waals surface area contributed by atoms with Crippen LogP contribution in [0.5, 0.6) is 0 Å². The van der Waals surface area contributed by atoms with Gasteiger partial charge in [-0.2, -0.15) is 0 Å². The van der Waals surface area contributed by atoms with Crippen molar-refractivity contribution in [1.82, 2.24) is 15.1 Å². The Morgan fingerprint density at radius 2 is 1.75 bits per heavy atom. The maximum absolute atomic E-state index is 12.8. The third-order valence-corrected chi connectivity index (χ3v) is 4.84. The molecule has 1 heterocycles. The summed E-state index contributed by atoms with van der Waals surface area (Å²) < 4.78 is 5.51. The van der Waals surface area contributed by atoms with Crippen LogP contribution in [0, 0.1) is 0 Å². The van der Waals surface area contributed by atoms with E-state index in [1.54, 1.807) is 11.9 Å². The highest BCUT2D eigenvalue weighted by Gasteiger charge is 2.24. The van der Waals surface area contributed by atoms with E-state index in [2.05, 4.69) is 17.4 Å². The van der Waals surface area contributed by atoms with Gasteiger partial charge in [-0.05, 0) is 17.5 Å². The van der Waals surface area contributed by atoms with Gasteiger partial charge in [0.2, 0.25) is 5.91 Å². The monoisotopic (exact) mass is 381 g/mol. The lowest BCUT2D eigenvalue weighted by Crippen LogP contribution is -2.50. The predicted molar refractivity (Wildman–Crippen MR) is 108 cm³/mol. The van der Waals surface area contributed by atoms with E-state index in [1.807, 2.05) is 53.4 Å². The van der Waals surface area contributed by atoms with E-state index in [0.29, 0.717) is 26.2 Å². The van der Waals surface area contributed by atoms with Crippen LogP contribution in [0.15, 0.2) is 60.7 Å². The summed E-state index contributed by atoms with van der Waals surface area (Å²) >= 11 is 0. The quantitative estimate of drug-likeness (QED) is 0.801. The molecule has 1 aliphatic rings. The molecule has 0 aromatic heterocycles. The van der Waals surface area contributed by atoms with Gasteiger partial charge in [0.1, 0.15) is 6.61 Å². The van der Waals surface area contributed by atoms with Crippen LogP contribution in [-0.2, 0) is 22.5 Å². The fraction of sp³-hybridized carbons (Fsp3) is 0.364. The number of ether oxygens (including phenoxy) is 1. The van der Waals surface area contributed by atoms with Gasteiger partial charge < -0.3 is 19.9 Å². The molecular weight excluding hydrogens is 354 g/mol. The van der Waals surface area contributed by atoms with Crippen LogP contribution in [0.4, 0.5) is 4.79 Å². The van der Waals surface area contributed by atoms with Crippen LogP contribution < -0.4 is 5.32 Å². The number of likely N-dealkylation sites (N-methyl/N-ethyl adjacent to an activating group) is 1. The molecule has 2 aromatic rings. The molecule has 1 fully saturated rings. The number of morpholine rings is 1. The average Bonchev–Trinajstić information content (AvgIpc) is 2.73. The number of benzene rings is 2. The van der Waals surface area contributed by atoms with Gasteiger partial charge in [0.25, 0.3) is 0 Å². The second-order valence-electron chi connectivity index (χ2n) is 7.04. The number of urea groups is 1.